The molecule has 1 atom stereocenters. The number of carbonyl (C=O) groups is 1. The maximum Gasteiger partial charge on any atom is 0.359 e. The molecule has 0 radical (unpaired) electrons. The molecule has 0 fully saturated rings. The molecule has 0 saturated heterocycles. The normalized spacial score (nSPS) is 17.3. The molecular weight excluding hydrogens is 336 g/mol. The van der Waals surface area contributed by atoms with Crippen molar-refractivity contribution in [3.63, 3.8) is 0 Å². The Hall–Kier alpha value is -3.14. The van der Waals surface area contributed by atoms with Crippen LogP contribution in [0.25, 0.3) is 6.08 Å². The lowest BCUT2D eigenvalue weighted by molar-refractivity contribution is 0.0519. The lowest BCUT2D eigenvalue weighted by Crippen LogP contribution is -2.34. The van der Waals surface area contributed by atoms with Gasteiger partial charge in [0, 0.05) is 22.6 Å². The Kier molecular flexibility index (Phi) is 4.40. The van der Waals surface area contributed by atoms with Crippen molar-refractivity contribution in [2.24, 2.45) is 0 Å². The van der Waals surface area contributed by atoms with Crippen LogP contribution < -0.4 is 0 Å². The summed E-state index contributed by atoms with van der Waals surface area (Å²) >= 11 is 0. The number of allylic oxidation sites excluding steroid dienone is 1. The van der Waals surface area contributed by atoms with Gasteiger partial charge in [0.1, 0.15) is 0 Å². The van der Waals surface area contributed by atoms with E-state index < -0.39 is 5.97 Å². The Morgan fingerprint density at radius 3 is 2.22 bits per heavy atom. The number of benzene rings is 2. The molecule has 1 heterocycles. The molecule has 0 bridgehead atoms. The van der Waals surface area contributed by atoms with E-state index in [1.54, 1.807) is 6.92 Å². The topological polar surface area (TPSA) is 55.0 Å². The highest BCUT2D eigenvalue weighted by atomic mass is 16.5. The van der Waals surface area contributed by atoms with E-state index in [9.17, 15) is 4.79 Å². The summed E-state index contributed by atoms with van der Waals surface area (Å²) in [6.45, 7) is 4.30. The minimum atomic E-state index is -0.390. The van der Waals surface area contributed by atoms with E-state index in [0.717, 1.165) is 11.3 Å². The molecule has 0 aliphatic heterocycles. The number of hydrogen-bond acceptors (Lipinski definition) is 3. The van der Waals surface area contributed by atoms with Crippen LogP contribution in [0.5, 0.6) is 0 Å². The van der Waals surface area contributed by atoms with Crippen LogP contribution in [0.3, 0.4) is 0 Å². The van der Waals surface area contributed by atoms with Gasteiger partial charge in [0.05, 0.1) is 6.61 Å². The molecule has 1 aliphatic rings. The summed E-state index contributed by atoms with van der Waals surface area (Å²) in [4.78, 5) is 12.2. The number of carbonyl (C=O) groups excluding carboxylic acids is 1. The zero-order chi connectivity index (χ0) is 18.9. The Bertz CT molecular complexity index is 935. The fourth-order valence-electron chi connectivity index (χ4n) is 4.09. The van der Waals surface area contributed by atoms with Gasteiger partial charge in [0.2, 0.25) is 0 Å². The molecule has 1 N–H and O–H groups in total. The van der Waals surface area contributed by atoms with Gasteiger partial charge < -0.3 is 4.74 Å². The standard InChI is InChI=1S/C23H22N2O2/c1-3-27-22(26)21-19-14-15-23(16(2)20(19)24-25-21,17-10-6-4-7-11-17)18-12-8-5-9-13-18/h4-16H,3H2,1-2H3,(H,24,25). The van der Waals surface area contributed by atoms with Crippen molar-refractivity contribution in [1.29, 1.82) is 0 Å². The van der Waals surface area contributed by atoms with Crippen LogP contribution in [0.15, 0.2) is 66.7 Å². The zero-order valence-corrected chi connectivity index (χ0v) is 15.5. The molecule has 0 spiro atoms. The van der Waals surface area contributed by atoms with E-state index in [4.69, 9.17) is 4.74 Å². The molecule has 0 amide bonds. The van der Waals surface area contributed by atoms with E-state index >= 15 is 0 Å². The second-order valence-electron chi connectivity index (χ2n) is 6.78. The van der Waals surface area contributed by atoms with E-state index in [0.29, 0.717) is 12.3 Å². The molecule has 0 saturated carbocycles. The molecule has 1 aliphatic carbocycles. The van der Waals surface area contributed by atoms with Gasteiger partial charge in [-0.25, -0.2) is 4.79 Å². The largest absolute Gasteiger partial charge is 0.461 e. The Morgan fingerprint density at radius 2 is 1.67 bits per heavy atom. The highest BCUT2D eigenvalue weighted by molar-refractivity contribution is 5.92. The third-order valence-corrected chi connectivity index (χ3v) is 5.43. The summed E-state index contributed by atoms with van der Waals surface area (Å²) in [6.07, 6.45) is 4.20. The SMILES string of the molecule is CCOC(=O)c1n[nH]c2c1C=CC(c1ccccc1)(c1ccccc1)C2C. The third kappa shape index (κ3) is 2.69. The summed E-state index contributed by atoms with van der Waals surface area (Å²) in [5.41, 5.74) is 4.20. The van der Waals surface area contributed by atoms with Gasteiger partial charge in [-0.3, -0.25) is 5.10 Å². The maximum atomic E-state index is 12.2. The average Bonchev–Trinajstić information content (AvgIpc) is 3.15. The quantitative estimate of drug-likeness (QED) is 0.688. The molecule has 1 aromatic heterocycles. The summed E-state index contributed by atoms with van der Waals surface area (Å²) in [7, 11) is 0. The minimum absolute atomic E-state index is 0.0676. The van der Waals surface area contributed by atoms with E-state index in [1.807, 2.05) is 18.2 Å². The molecule has 4 nitrogen and oxygen atoms in total. The van der Waals surface area contributed by atoms with Gasteiger partial charge in [0.15, 0.2) is 5.69 Å². The first kappa shape index (κ1) is 17.3. The van der Waals surface area contributed by atoms with Crippen molar-refractivity contribution in [2.45, 2.75) is 25.2 Å². The lowest BCUT2D eigenvalue weighted by atomic mass is 9.62. The summed E-state index contributed by atoms with van der Waals surface area (Å²) in [5, 5.41) is 7.38. The Morgan fingerprint density at radius 1 is 1.07 bits per heavy atom. The van der Waals surface area contributed by atoms with Gasteiger partial charge in [-0.1, -0.05) is 79.7 Å². The fourth-order valence-corrected chi connectivity index (χ4v) is 4.09. The molecule has 27 heavy (non-hydrogen) atoms. The Balaban J connectivity index is 1.89. The number of hydrogen-bond donors (Lipinski definition) is 1. The minimum Gasteiger partial charge on any atom is -0.461 e. The number of esters is 1. The molecular formula is C23H22N2O2. The number of nitrogens with one attached hydrogen (secondary N) is 1. The number of ether oxygens (including phenoxy) is 1. The summed E-state index contributed by atoms with van der Waals surface area (Å²) in [6, 6.07) is 20.9. The first-order chi connectivity index (χ1) is 13.2. The second-order valence-corrected chi connectivity index (χ2v) is 6.78. The van der Waals surface area contributed by atoms with Crippen molar-refractivity contribution in [2.75, 3.05) is 6.61 Å². The van der Waals surface area contributed by atoms with Gasteiger partial charge in [0.25, 0.3) is 0 Å². The van der Waals surface area contributed by atoms with E-state index in [2.05, 4.69) is 71.7 Å². The average molecular weight is 358 g/mol. The van der Waals surface area contributed by atoms with Gasteiger partial charge in [-0.15, -0.1) is 0 Å². The number of rotatable bonds is 4. The molecule has 3 aromatic rings. The van der Waals surface area contributed by atoms with Crippen molar-refractivity contribution in [3.8, 4) is 0 Å². The predicted octanol–water partition coefficient (Wildman–Crippen LogP) is 4.70. The summed E-state index contributed by atoms with van der Waals surface area (Å²) in [5.74, 6) is -0.322. The maximum absolute atomic E-state index is 12.2. The van der Waals surface area contributed by atoms with Gasteiger partial charge in [-0.2, -0.15) is 5.10 Å². The molecule has 2 aromatic carbocycles. The smallest absolute Gasteiger partial charge is 0.359 e. The van der Waals surface area contributed by atoms with Crippen LogP contribution in [0.2, 0.25) is 0 Å². The van der Waals surface area contributed by atoms with Gasteiger partial charge >= 0.3 is 5.97 Å². The molecule has 1 unspecified atom stereocenters. The van der Waals surface area contributed by atoms with Crippen LogP contribution >= 0.6 is 0 Å². The van der Waals surface area contributed by atoms with Crippen molar-refractivity contribution in [1.82, 2.24) is 10.2 Å². The number of H-pyrrole nitrogens is 1. The molecule has 136 valence electrons. The van der Waals surface area contributed by atoms with Crippen molar-refractivity contribution < 1.29 is 9.53 Å². The predicted molar refractivity (Wildman–Crippen MR) is 106 cm³/mol. The first-order valence-electron chi connectivity index (χ1n) is 9.24. The van der Waals surface area contributed by atoms with Crippen LogP contribution in [0.1, 0.15) is 52.6 Å². The highest BCUT2D eigenvalue weighted by Gasteiger charge is 2.43. The van der Waals surface area contributed by atoms with Crippen molar-refractivity contribution in [3.05, 3.63) is 94.8 Å². The van der Waals surface area contributed by atoms with Crippen LogP contribution in [0.4, 0.5) is 0 Å². The van der Waals surface area contributed by atoms with E-state index in [-0.39, 0.29) is 11.3 Å². The first-order valence-corrected chi connectivity index (χ1v) is 9.24. The van der Waals surface area contributed by atoms with Crippen LogP contribution in [0, 0.1) is 0 Å². The number of nitrogens with zero attached hydrogens (tertiary/aromatic N) is 1. The summed E-state index contributed by atoms with van der Waals surface area (Å²) < 4.78 is 5.15. The number of fused-ring (bicyclic) bond motifs is 1. The van der Waals surface area contributed by atoms with Crippen LogP contribution in [-0.4, -0.2) is 22.8 Å². The van der Waals surface area contributed by atoms with Crippen LogP contribution in [-0.2, 0) is 10.2 Å². The zero-order valence-electron chi connectivity index (χ0n) is 15.5. The molecule has 4 heteroatoms. The fraction of sp³-hybridized carbons (Fsp3) is 0.217. The van der Waals surface area contributed by atoms with E-state index in [1.165, 1.54) is 11.1 Å². The van der Waals surface area contributed by atoms with Gasteiger partial charge in [-0.05, 0) is 18.1 Å². The number of aromatic amines is 1. The monoisotopic (exact) mass is 358 g/mol. The second kappa shape index (κ2) is 6.88. The third-order valence-electron chi connectivity index (χ3n) is 5.43. The molecule has 4 rings (SSSR count). The van der Waals surface area contributed by atoms with Crippen molar-refractivity contribution >= 4 is 12.0 Å². The lowest BCUT2D eigenvalue weighted by Gasteiger charge is -2.40. The number of aromatic nitrogens is 2. The Labute approximate surface area is 158 Å². The highest BCUT2D eigenvalue weighted by Crippen LogP contribution is 2.49.